The van der Waals surface area contributed by atoms with Crippen LogP contribution in [-0.2, 0) is 5.60 Å². The molecular formula is C21H20OS. The van der Waals surface area contributed by atoms with E-state index in [4.69, 9.17) is 0 Å². The molecule has 0 aliphatic carbocycles. The van der Waals surface area contributed by atoms with Gasteiger partial charge in [-0.2, -0.15) is 0 Å². The fraction of sp³-hybridized carbons (Fsp3) is 0.143. The average molecular weight is 320 g/mol. The van der Waals surface area contributed by atoms with Crippen LogP contribution in [0.1, 0.15) is 27.8 Å². The lowest BCUT2D eigenvalue weighted by Gasteiger charge is -2.30. The van der Waals surface area contributed by atoms with Crippen molar-refractivity contribution in [3.63, 3.8) is 0 Å². The van der Waals surface area contributed by atoms with Gasteiger partial charge in [0.1, 0.15) is 5.60 Å². The van der Waals surface area contributed by atoms with Crippen LogP contribution < -0.4 is 0 Å². The molecule has 0 aliphatic heterocycles. The molecule has 0 fully saturated rings. The number of thiol groups is 1. The highest BCUT2D eigenvalue weighted by Crippen LogP contribution is 2.37. The summed E-state index contributed by atoms with van der Waals surface area (Å²) < 4.78 is 0. The SMILES string of the molecule is Cc1ccc(C(O)(c2ccc(C)cc2)c2ccc(S)cc2)cc1. The second kappa shape index (κ2) is 6.23. The summed E-state index contributed by atoms with van der Waals surface area (Å²) in [6.07, 6.45) is 0. The Morgan fingerprint density at radius 3 is 1.26 bits per heavy atom. The predicted octanol–water partition coefficient (Wildman–Crippen LogP) is 4.88. The summed E-state index contributed by atoms with van der Waals surface area (Å²) in [6, 6.07) is 23.8. The van der Waals surface area contributed by atoms with Gasteiger partial charge < -0.3 is 5.11 Å². The van der Waals surface area contributed by atoms with Crippen LogP contribution in [0.4, 0.5) is 0 Å². The van der Waals surface area contributed by atoms with Gasteiger partial charge in [-0.05, 0) is 42.7 Å². The second-order valence-electron chi connectivity index (χ2n) is 5.99. The maximum absolute atomic E-state index is 11.7. The molecule has 0 radical (unpaired) electrons. The van der Waals surface area contributed by atoms with Crippen molar-refractivity contribution in [3.8, 4) is 0 Å². The minimum absolute atomic E-state index is 0.836. The summed E-state index contributed by atoms with van der Waals surface area (Å²) in [6.45, 7) is 4.09. The summed E-state index contributed by atoms with van der Waals surface area (Å²) in [7, 11) is 0. The van der Waals surface area contributed by atoms with Crippen molar-refractivity contribution in [3.05, 3.63) is 101 Å². The molecule has 1 N–H and O–H groups in total. The van der Waals surface area contributed by atoms with Crippen molar-refractivity contribution in [1.82, 2.24) is 0 Å². The van der Waals surface area contributed by atoms with Crippen LogP contribution in [0.3, 0.4) is 0 Å². The van der Waals surface area contributed by atoms with Gasteiger partial charge in [0.05, 0.1) is 0 Å². The van der Waals surface area contributed by atoms with Gasteiger partial charge >= 0.3 is 0 Å². The van der Waals surface area contributed by atoms with Gasteiger partial charge in [-0.1, -0.05) is 71.8 Å². The molecule has 0 aliphatic rings. The zero-order valence-corrected chi connectivity index (χ0v) is 14.2. The smallest absolute Gasteiger partial charge is 0.140 e. The molecule has 0 aromatic heterocycles. The van der Waals surface area contributed by atoms with Crippen LogP contribution in [-0.4, -0.2) is 5.11 Å². The Morgan fingerprint density at radius 2 is 0.913 bits per heavy atom. The summed E-state index contributed by atoms with van der Waals surface area (Å²) in [5.41, 5.74) is 3.72. The Hall–Kier alpha value is -2.03. The van der Waals surface area contributed by atoms with Gasteiger partial charge in [-0.25, -0.2) is 0 Å². The molecule has 1 nitrogen and oxygen atoms in total. The molecule has 3 aromatic carbocycles. The van der Waals surface area contributed by atoms with Crippen molar-refractivity contribution in [2.75, 3.05) is 0 Å². The second-order valence-corrected chi connectivity index (χ2v) is 6.51. The lowest BCUT2D eigenvalue weighted by Crippen LogP contribution is -2.28. The third-order valence-electron chi connectivity index (χ3n) is 4.22. The first-order chi connectivity index (χ1) is 11.0. The third-order valence-corrected chi connectivity index (χ3v) is 4.52. The lowest BCUT2D eigenvalue weighted by atomic mass is 9.80. The predicted molar refractivity (Wildman–Crippen MR) is 98.2 cm³/mol. The molecule has 0 amide bonds. The van der Waals surface area contributed by atoms with Gasteiger partial charge in [0.25, 0.3) is 0 Å². The summed E-state index contributed by atoms with van der Waals surface area (Å²) in [5, 5.41) is 11.7. The van der Waals surface area contributed by atoms with E-state index in [1.54, 1.807) is 0 Å². The van der Waals surface area contributed by atoms with Crippen LogP contribution in [0.25, 0.3) is 0 Å². The van der Waals surface area contributed by atoms with Crippen LogP contribution in [0.15, 0.2) is 77.7 Å². The fourth-order valence-electron chi connectivity index (χ4n) is 2.79. The van der Waals surface area contributed by atoms with Crippen molar-refractivity contribution in [2.24, 2.45) is 0 Å². The van der Waals surface area contributed by atoms with Crippen LogP contribution in [0.5, 0.6) is 0 Å². The standard InChI is InChI=1S/C21H20OS/c1-15-3-7-17(8-4-15)21(22,18-9-5-16(2)6-10-18)19-11-13-20(23)14-12-19/h3-14,22-23H,1-2H3. The molecule has 0 heterocycles. The van der Waals surface area contributed by atoms with E-state index >= 15 is 0 Å². The normalized spacial score (nSPS) is 11.5. The molecule has 116 valence electrons. The van der Waals surface area contributed by atoms with E-state index in [-0.39, 0.29) is 0 Å². The monoisotopic (exact) mass is 320 g/mol. The molecule has 0 saturated heterocycles. The Balaban J connectivity index is 2.21. The summed E-state index contributed by atoms with van der Waals surface area (Å²) >= 11 is 4.35. The van der Waals surface area contributed by atoms with E-state index in [9.17, 15) is 5.11 Å². The van der Waals surface area contributed by atoms with Gasteiger partial charge in [0, 0.05) is 4.90 Å². The van der Waals surface area contributed by atoms with Gasteiger partial charge in [-0.3, -0.25) is 0 Å². The van der Waals surface area contributed by atoms with Crippen molar-refractivity contribution >= 4 is 12.6 Å². The zero-order valence-electron chi connectivity index (χ0n) is 13.3. The van der Waals surface area contributed by atoms with Gasteiger partial charge in [-0.15, -0.1) is 12.6 Å². The Bertz CT molecular complexity index is 676. The Labute approximate surface area is 143 Å². The third kappa shape index (κ3) is 3.05. The first-order valence-corrected chi connectivity index (χ1v) is 8.11. The van der Waals surface area contributed by atoms with Crippen molar-refractivity contribution in [2.45, 2.75) is 24.3 Å². The van der Waals surface area contributed by atoms with Crippen LogP contribution in [0, 0.1) is 13.8 Å². The van der Waals surface area contributed by atoms with E-state index in [2.05, 4.69) is 12.6 Å². The van der Waals surface area contributed by atoms with E-state index in [0.29, 0.717) is 0 Å². The van der Waals surface area contributed by atoms with E-state index < -0.39 is 5.60 Å². The van der Waals surface area contributed by atoms with E-state index in [1.807, 2.05) is 86.6 Å². The highest BCUT2D eigenvalue weighted by Gasteiger charge is 2.33. The zero-order chi connectivity index (χ0) is 16.4. The van der Waals surface area contributed by atoms with Crippen LogP contribution >= 0.6 is 12.6 Å². The molecule has 0 saturated carbocycles. The quantitative estimate of drug-likeness (QED) is 0.521. The largest absolute Gasteiger partial charge is 0.376 e. The van der Waals surface area contributed by atoms with Gasteiger partial charge in [0.2, 0.25) is 0 Å². The fourth-order valence-corrected chi connectivity index (χ4v) is 2.94. The molecule has 0 bridgehead atoms. The molecule has 3 aromatic rings. The Morgan fingerprint density at radius 1 is 0.609 bits per heavy atom. The van der Waals surface area contributed by atoms with Crippen molar-refractivity contribution in [1.29, 1.82) is 0 Å². The first-order valence-electron chi connectivity index (χ1n) is 7.66. The number of hydrogen-bond donors (Lipinski definition) is 2. The molecule has 0 spiro atoms. The number of aryl methyl sites for hydroxylation is 2. The molecule has 3 rings (SSSR count). The Kier molecular flexibility index (Phi) is 4.29. The highest BCUT2D eigenvalue weighted by molar-refractivity contribution is 7.80. The molecule has 0 atom stereocenters. The number of benzene rings is 3. The topological polar surface area (TPSA) is 20.2 Å². The number of rotatable bonds is 3. The lowest BCUT2D eigenvalue weighted by molar-refractivity contribution is 0.125. The van der Waals surface area contributed by atoms with Crippen molar-refractivity contribution < 1.29 is 5.11 Å². The maximum Gasteiger partial charge on any atom is 0.140 e. The van der Waals surface area contributed by atoms with Gasteiger partial charge in [0.15, 0.2) is 0 Å². The molecule has 23 heavy (non-hydrogen) atoms. The maximum atomic E-state index is 11.7. The summed E-state index contributed by atoms with van der Waals surface area (Å²) in [5.74, 6) is 0. The number of aliphatic hydroxyl groups is 1. The molecule has 0 unspecified atom stereocenters. The van der Waals surface area contributed by atoms with E-state index in [1.165, 1.54) is 11.1 Å². The number of hydrogen-bond acceptors (Lipinski definition) is 2. The summed E-state index contributed by atoms with van der Waals surface area (Å²) in [4.78, 5) is 0.879. The minimum Gasteiger partial charge on any atom is -0.376 e. The molecular weight excluding hydrogens is 300 g/mol. The first kappa shape index (κ1) is 15.9. The van der Waals surface area contributed by atoms with E-state index in [0.717, 1.165) is 21.6 Å². The molecule has 2 heteroatoms. The average Bonchev–Trinajstić information content (AvgIpc) is 2.56. The highest BCUT2D eigenvalue weighted by atomic mass is 32.1. The van der Waals surface area contributed by atoms with Crippen LogP contribution in [0.2, 0.25) is 0 Å². The minimum atomic E-state index is -1.18.